The second-order valence-corrected chi connectivity index (χ2v) is 13.6. The minimum Gasteiger partial charge on any atom is -0.512 e. The van der Waals surface area contributed by atoms with Crippen LogP contribution in [0.3, 0.4) is 0 Å². The Morgan fingerprint density at radius 2 is 1.36 bits per heavy atom. The summed E-state index contributed by atoms with van der Waals surface area (Å²) in [6.07, 6.45) is 6.46. The molecule has 4 aromatic carbocycles. The quantitative estimate of drug-likeness (QED) is 0.0964. The molecule has 1 heterocycles. The number of allylic oxidation sites excluding steroid dienone is 2. The molecule has 5 aromatic rings. The second-order valence-electron chi connectivity index (χ2n) is 13.6. The molecule has 0 spiro atoms. The van der Waals surface area contributed by atoms with Crippen LogP contribution in [-0.4, -0.2) is 20.9 Å². The maximum absolute atomic E-state index is 12.2. The van der Waals surface area contributed by atoms with Crippen molar-refractivity contribution in [3.05, 3.63) is 108 Å². The van der Waals surface area contributed by atoms with Gasteiger partial charge in [-0.15, -0.1) is 29.1 Å². The van der Waals surface area contributed by atoms with Crippen LogP contribution in [0.25, 0.3) is 43.9 Å². The number of benzene rings is 4. The summed E-state index contributed by atoms with van der Waals surface area (Å²) in [5, 5.41) is 15.0. The molecule has 247 valence electrons. The Balaban J connectivity index is 0.000000242. The molecular formula is C42H47IrN2O2-. The van der Waals surface area contributed by atoms with E-state index in [1.165, 1.54) is 38.7 Å². The third-order valence-electron chi connectivity index (χ3n) is 10.9. The van der Waals surface area contributed by atoms with Gasteiger partial charge in [0.05, 0.1) is 5.69 Å². The molecule has 6 rings (SSSR count). The Bertz CT molecular complexity index is 1930. The third-order valence-corrected chi connectivity index (χ3v) is 10.9. The van der Waals surface area contributed by atoms with Gasteiger partial charge in [0.25, 0.3) is 0 Å². The average Bonchev–Trinajstić information content (AvgIpc) is 3.33. The van der Waals surface area contributed by atoms with Crippen molar-refractivity contribution in [3.63, 3.8) is 0 Å². The summed E-state index contributed by atoms with van der Waals surface area (Å²) < 4.78 is 0. The molecule has 0 amide bonds. The van der Waals surface area contributed by atoms with Crippen molar-refractivity contribution in [3.8, 4) is 22.4 Å². The molecule has 0 saturated heterocycles. The molecule has 0 bridgehead atoms. The Morgan fingerprint density at radius 1 is 0.787 bits per heavy atom. The van der Waals surface area contributed by atoms with Crippen molar-refractivity contribution in [2.75, 3.05) is 0 Å². The van der Waals surface area contributed by atoms with Crippen molar-refractivity contribution >= 4 is 27.3 Å². The molecule has 1 radical (unpaired) electrons. The van der Waals surface area contributed by atoms with Crippen LogP contribution in [-0.2, 0) is 30.3 Å². The van der Waals surface area contributed by atoms with E-state index in [1.54, 1.807) is 6.33 Å². The number of carbonyl (C=O) groups excluding carboxylic acids is 1. The first-order valence-corrected chi connectivity index (χ1v) is 16.7. The molecule has 0 unspecified atom stereocenters. The van der Waals surface area contributed by atoms with Crippen molar-refractivity contribution in [1.82, 2.24) is 9.97 Å². The molecule has 1 aliphatic rings. The summed E-state index contributed by atoms with van der Waals surface area (Å²) in [6.45, 7) is 16.6. The maximum Gasteiger partial charge on any atom is 0.164 e. The fraction of sp³-hybridized carbons (Fsp3) is 0.357. The largest absolute Gasteiger partial charge is 0.512 e. The predicted molar refractivity (Wildman–Crippen MR) is 192 cm³/mol. The topological polar surface area (TPSA) is 63.1 Å². The summed E-state index contributed by atoms with van der Waals surface area (Å²) in [6, 6.07) is 29.1. The molecule has 0 saturated carbocycles. The molecule has 0 aliphatic heterocycles. The number of hydrogen-bond donors (Lipinski definition) is 1. The van der Waals surface area contributed by atoms with Crippen LogP contribution < -0.4 is 0 Å². The minimum absolute atomic E-state index is 0. The van der Waals surface area contributed by atoms with E-state index < -0.39 is 0 Å². The number of nitrogens with zero attached hydrogens (tertiary/aromatic N) is 2. The van der Waals surface area contributed by atoms with Gasteiger partial charge in [-0.05, 0) is 53.1 Å². The van der Waals surface area contributed by atoms with Gasteiger partial charge in [0.2, 0.25) is 0 Å². The van der Waals surface area contributed by atoms with E-state index in [4.69, 9.17) is 9.97 Å². The van der Waals surface area contributed by atoms with Crippen LogP contribution in [0.2, 0.25) is 0 Å². The van der Waals surface area contributed by atoms with E-state index in [0.717, 1.165) is 48.2 Å². The summed E-state index contributed by atoms with van der Waals surface area (Å²) in [4.78, 5) is 21.8. The van der Waals surface area contributed by atoms with Crippen LogP contribution in [0, 0.1) is 16.9 Å². The third kappa shape index (κ3) is 6.45. The van der Waals surface area contributed by atoms with Crippen LogP contribution in [0.1, 0.15) is 92.3 Å². The Kier molecular flexibility index (Phi) is 10.9. The van der Waals surface area contributed by atoms with E-state index in [0.29, 0.717) is 0 Å². The summed E-state index contributed by atoms with van der Waals surface area (Å²) in [7, 11) is 0. The maximum atomic E-state index is 12.2. The second kappa shape index (κ2) is 14.2. The molecular weight excluding hydrogens is 757 g/mol. The van der Waals surface area contributed by atoms with Crippen LogP contribution >= 0.6 is 0 Å². The molecule has 0 fully saturated rings. The average molecular weight is 804 g/mol. The number of carbonyl (C=O) groups is 1. The number of ketones is 1. The van der Waals surface area contributed by atoms with Gasteiger partial charge in [0.1, 0.15) is 12.1 Å². The standard InChI is InChI=1S/C27H19N2.C15H28O2.Ir/c1-27(2)22-15-14-18-9-4-6-12-20(18)23(22)24-25(28-16-29-26(24)27)21-13-7-10-17-8-3-5-11-19(17)21;1-7-14(5,8-2)12(16)11-13(17)15(6,9-3)10-4;/h3-12,14-16H,1-2H3;11,16H,7-10H2,1-6H3;/q-1;;/b;12-11-;. The van der Waals surface area contributed by atoms with Crippen molar-refractivity contribution in [1.29, 1.82) is 0 Å². The molecule has 0 atom stereocenters. The van der Waals surface area contributed by atoms with E-state index in [2.05, 4.69) is 86.6 Å². The smallest absolute Gasteiger partial charge is 0.164 e. The Morgan fingerprint density at radius 3 is 1.98 bits per heavy atom. The van der Waals surface area contributed by atoms with Crippen molar-refractivity contribution in [2.45, 2.75) is 86.5 Å². The van der Waals surface area contributed by atoms with Crippen LogP contribution in [0.4, 0.5) is 0 Å². The molecule has 4 nitrogen and oxygen atoms in total. The van der Waals surface area contributed by atoms with E-state index in [1.807, 2.05) is 47.6 Å². The predicted octanol–water partition coefficient (Wildman–Crippen LogP) is 11.2. The Hall–Kier alpha value is -3.66. The fourth-order valence-electron chi connectivity index (χ4n) is 6.52. The first-order chi connectivity index (χ1) is 22.0. The summed E-state index contributed by atoms with van der Waals surface area (Å²) in [5.41, 5.74) is 6.06. The Labute approximate surface area is 294 Å². The molecule has 47 heavy (non-hydrogen) atoms. The number of fused-ring (bicyclic) bond motifs is 6. The molecule has 1 N–H and O–H groups in total. The fourth-order valence-corrected chi connectivity index (χ4v) is 6.52. The van der Waals surface area contributed by atoms with E-state index in [-0.39, 0.29) is 47.9 Å². The van der Waals surface area contributed by atoms with E-state index >= 15 is 0 Å². The summed E-state index contributed by atoms with van der Waals surface area (Å²) in [5.74, 6) is 0.286. The van der Waals surface area contributed by atoms with Gasteiger partial charge in [-0.2, -0.15) is 0 Å². The number of aliphatic hydroxyl groups is 1. The molecule has 5 heteroatoms. The SMILES string of the molecule is CC1(C)c2ccc3ccccc3c2-c2c(-c3[c-]ccc4ccccc34)ncnc21.CCC(C)(CC)C(=O)/C=C(\O)C(C)(CC)CC.[Ir]. The normalized spacial score (nSPS) is 13.7. The number of aliphatic hydroxyl groups excluding tert-OH is 1. The van der Waals surface area contributed by atoms with Gasteiger partial charge in [0, 0.05) is 48.1 Å². The van der Waals surface area contributed by atoms with Crippen LogP contribution in [0.5, 0.6) is 0 Å². The number of rotatable bonds is 8. The first-order valence-electron chi connectivity index (χ1n) is 16.7. The van der Waals surface area contributed by atoms with Gasteiger partial charge in [-0.3, -0.25) is 9.78 Å². The number of aromatic nitrogens is 2. The molecule has 1 aromatic heterocycles. The van der Waals surface area contributed by atoms with Gasteiger partial charge in [0.15, 0.2) is 5.78 Å². The van der Waals surface area contributed by atoms with Gasteiger partial charge in [-0.25, -0.2) is 4.98 Å². The van der Waals surface area contributed by atoms with Gasteiger partial charge >= 0.3 is 0 Å². The zero-order valence-electron chi connectivity index (χ0n) is 29.0. The summed E-state index contributed by atoms with van der Waals surface area (Å²) >= 11 is 0. The van der Waals surface area contributed by atoms with Gasteiger partial charge in [-0.1, -0.05) is 121 Å². The minimum atomic E-state index is -0.337. The zero-order chi connectivity index (χ0) is 33.3. The van der Waals surface area contributed by atoms with Gasteiger partial charge < -0.3 is 5.11 Å². The molecule has 1 aliphatic carbocycles. The van der Waals surface area contributed by atoms with Crippen molar-refractivity contribution < 1.29 is 30.0 Å². The monoisotopic (exact) mass is 804 g/mol. The van der Waals surface area contributed by atoms with Crippen LogP contribution in [0.15, 0.2) is 91.0 Å². The number of hydrogen-bond acceptors (Lipinski definition) is 4. The zero-order valence-corrected chi connectivity index (χ0v) is 31.4. The first kappa shape index (κ1) is 36.2. The van der Waals surface area contributed by atoms with E-state index in [9.17, 15) is 9.90 Å². The van der Waals surface area contributed by atoms with Crippen molar-refractivity contribution in [2.24, 2.45) is 10.8 Å².